The molecular formula is C38H44ClN7O3S2. The minimum absolute atomic E-state index is 0.0449. The largest absolute Gasteiger partial charge is 0.462 e. The highest BCUT2D eigenvalue weighted by atomic mass is 35.5. The Labute approximate surface area is 312 Å². The van der Waals surface area contributed by atoms with Crippen molar-refractivity contribution in [3.63, 3.8) is 0 Å². The minimum atomic E-state index is -1.16. The first-order chi connectivity index (χ1) is 24.9. The second-order valence-corrected chi connectivity index (χ2v) is 15.5. The molecule has 2 unspecified atom stereocenters. The zero-order valence-corrected chi connectivity index (χ0v) is 31.1. The number of amides is 1. The fourth-order valence-electron chi connectivity index (χ4n) is 7.37. The van der Waals surface area contributed by atoms with Crippen LogP contribution in [0.4, 0.5) is 11.5 Å². The number of carbonyl (C=O) groups excluding carboxylic acids is 1. The molecule has 0 bridgehead atoms. The van der Waals surface area contributed by atoms with E-state index in [1.165, 1.54) is 6.08 Å². The van der Waals surface area contributed by atoms with E-state index in [9.17, 15) is 9.00 Å². The van der Waals surface area contributed by atoms with Crippen molar-refractivity contribution in [2.45, 2.75) is 43.3 Å². The van der Waals surface area contributed by atoms with Crippen LogP contribution < -0.4 is 19.3 Å². The third-order valence-corrected chi connectivity index (χ3v) is 11.9. The van der Waals surface area contributed by atoms with E-state index in [4.69, 9.17) is 26.3 Å². The summed E-state index contributed by atoms with van der Waals surface area (Å²) in [6, 6.07) is 20.7. The van der Waals surface area contributed by atoms with Gasteiger partial charge in [-0.25, -0.2) is 8.93 Å². The molecule has 7 rings (SSSR count). The summed E-state index contributed by atoms with van der Waals surface area (Å²) in [5.74, 6) is 1.37. The maximum Gasteiger partial charge on any atom is 0.318 e. The molecule has 1 N–H and O–H groups in total. The van der Waals surface area contributed by atoms with Crippen LogP contribution in [0.25, 0.3) is 10.8 Å². The molecule has 1 aromatic heterocycles. The maximum absolute atomic E-state index is 12.8. The van der Waals surface area contributed by atoms with Gasteiger partial charge >= 0.3 is 6.01 Å². The first kappa shape index (κ1) is 35.7. The molecule has 0 saturated carbocycles. The Hall–Kier alpha value is -3.68. The number of ether oxygens (including phenoxy) is 1. The molecule has 3 aliphatic rings. The number of thiol groups is 1. The van der Waals surface area contributed by atoms with Gasteiger partial charge in [0.05, 0.1) is 34.0 Å². The normalized spacial score (nSPS) is 18.5. The summed E-state index contributed by atoms with van der Waals surface area (Å²) in [4.78, 5) is 32.1. The predicted molar refractivity (Wildman–Crippen MR) is 208 cm³/mol. The highest BCUT2D eigenvalue weighted by molar-refractivity contribution is 7.83. The molecule has 51 heavy (non-hydrogen) atoms. The van der Waals surface area contributed by atoms with Gasteiger partial charge in [-0.2, -0.15) is 9.97 Å². The number of likely N-dealkylation sites (tertiary alicyclic amines) is 1. The molecule has 3 aliphatic heterocycles. The zero-order chi connectivity index (χ0) is 35.3. The second kappa shape index (κ2) is 16.3. The Bertz CT molecular complexity index is 1920. The molecule has 268 valence electrons. The van der Waals surface area contributed by atoms with Crippen LogP contribution in [-0.4, -0.2) is 94.1 Å². The predicted octanol–water partition coefficient (Wildman–Crippen LogP) is 5.27. The lowest BCUT2D eigenvalue weighted by Gasteiger charge is -2.38. The summed E-state index contributed by atoms with van der Waals surface area (Å²) in [6.07, 6.45) is 4.22. The number of anilines is 2. The van der Waals surface area contributed by atoms with Crippen LogP contribution in [0.3, 0.4) is 0 Å². The van der Waals surface area contributed by atoms with Crippen LogP contribution in [0, 0.1) is 0 Å². The standard InChI is InChI=1S/C38H44ClN7O3S2/c1-2-35(47)44-18-20-45(21-19-44)37-30-15-17-46(33-13-6-10-27-9-5-12-31(39)36(27)33)25-32(30)41-38(42-37)49-26-29-11-7-16-43(29)22-23-51(48)40-24-28-8-3-4-14-34(28)50/h2-6,8-10,12-14,29,40,50H,1,7,11,15-26H2. The van der Waals surface area contributed by atoms with Crippen LogP contribution in [0.2, 0.25) is 5.02 Å². The number of carbonyl (C=O) groups is 1. The molecule has 1 amide bonds. The molecule has 2 fully saturated rings. The van der Waals surface area contributed by atoms with Crippen LogP contribution in [0.1, 0.15) is 29.7 Å². The number of fused-ring (bicyclic) bond motifs is 2. The fourth-order valence-corrected chi connectivity index (χ4v) is 8.75. The zero-order valence-electron chi connectivity index (χ0n) is 28.7. The van der Waals surface area contributed by atoms with Gasteiger partial charge in [-0.3, -0.25) is 9.69 Å². The number of hydrogen-bond acceptors (Lipinski definition) is 9. The van der Waals surface area contributed by atoms with Crippen molar-refractivity contribution in [3.8, 4) is 6.01 Å². The average molecular weight is 746 g/mol. The monoisotopic (exact) mass is 745 g/mol. The van der Waals surface area contributed by atoms with Gasteiger partial charge in [0.2, 0.25) is 5.91 Å². The smallest absolute Gasteiger partial charge is 0.318 e. The number of benzene rings is 3. The minimum Gasteiger partial charge on any atom is -0.462 e. The fraction of sp³-hybridized carbons (Fsp3) is 0.395. The van der Waals surface area contributed by atoms with E-state index in [0.29, 0.717) is 64.2 Å². The van der Waals surface area contributed by atoms with Gasteiger partial charge in [0.25, 0.3) is 0 Å². The molecule has 0 spiro atoms. The van der Waals surface area contributed by atoms with Crippen molar-refractivity contribution in [2.24, 2.45) is 0 Å². The third kappa shape index (κ3) is 8.20. The topological polar surface area (TPSA) is 94.1 Å². The highest BCUT2D eigenvalue weighted by Gasteiger charge is 2.30. The lowest BCUT2D eigenvalue weighted by molar-refractivity contribution is -0.126. The molecule has 3 aromatic carbocycles. The molecule has 2 saturated heterocycles. The Morgan fingerprint density at radius 2 is 1.82 bits per heavy atom. The van der Waals surface area contributed by atoms with Crippen molar-refractivity contribution in [1.29, 1.82) is 0 Å². The quantitative estimate of drug-likeness (QED) is 0.150. The van der Waals surface area contributed by atoms with E-state index in [2.05, 4.69) is 62.9 Å². The van der Waals surface area contributed by atoms with Gasteiger partial charge in [0, 0.05) is 73.4 Å². The number of nitrogens with one attached hydrogen (secondary N) is 1. The number of rotatable bonds is 12. The molecule has 2 atom stereocenters. The van der Waals surface area contributed by atoms with E-state index in [-0.39, 0.29) is 11.9 Å². The second-order valence-electron chi connectivity index (χ2n) is 13.2. The lowest BCUT2D eigenvalue weighted by Crippen LogP contribution is -2.49. The van der Waals surface area contributed by atoms with Crippen molar-refractivity contribution < 1.29 is 13.7 Å². The van der Waals surface area contributed by atoms with E-state index >= 15 is 0 Å². The number of hydrogen-bond donors (Lipinski definition) is 2. The Morgan fingerprint density at radius 1 is 1.02 bits per heavy atom. The average Bonchev–Trinajstić information content (AvgIpc) is 3.62. The van der Waals surface area contributed by atoms with Crippen LogP contribution in [0.15, 0.2) is 78.2 Å². The van der Waals surface area contributed by atoms with E-state index < -0.39 is 11.0 Å². The van der Waals surface area contributed by atoms with Crippen molar-refractivity contribution >= 4 is 63.4 Å². The summed E-state index contributed by atoms with van der Waals surface area (Å²) < 4.78 is 22.4. The van der Waals surface area contributed by atoms with Gasteiger partial charge in [0.1, 0.15) is 12.4 Å². The third-order valence-electron chi connectivity index (χ3n) is 10.1. The summed E-state index contributed by atoms with van der Waals surface area (Å²) >= 11 is 11.2. The van der Waals surface area contributed by atoms with Gasteiger partial charge in [0.15, 0.2) is 0 Å². The maximum atomic E-state index is 12.8. The molecule has 4 aromatic rings. The Morgan fingerprint density at radius 3 is 2.63 bits per heavy atom. The molecule has 10 nitrogen and oxygen atoms in total. The van der Waals surface area contributed by atoms with E-state index in [1.807, 2.05) is 41.3 Å². The number of aromatic nitrogens is 2. The van der Waals surface area contributed by atoms with Crippen LogP contribution in [0.5, 0.6) is 6.01 Å². The van der Waals surface area contributed by atoms with Gasteiger partial charge in [-0.1, -0.05) is 60.6 Å². The number of nitrogens with zero attached hydrogens (tertiary/aromatic N) is 6. The van der Waals surface area contributed by atoms with Gasteiger partial charge < -0.3 is 19.4 Å². The van der Waals surface area contributed by atoms with Crippen LogP contribution >= 0.6 is 24.2 Å². The van der Waals surface area contributed by atoms with Crippen molar-refractivity contribution in [2.75, 3.05) is 68.0 Å². The Kier molecular flexibility index (Phi) is 11.4. The van der Waals surface area contributed by atoms with Crippen molar-refractivity contribution in [1.82, 2.24) is 24.5 Å². The summed E-state index contributed by atoms with van der Waals surface area (Å²) in [6.45, 7) is 10.2. The molecule has 4 heterocycles. The molecule has 0 radical (unpaired) electrons. The number of piperazine rings is 1. The number of halogens is 1. The SMILES string of the molecule is C=CC(=O)N1CCN(c2nc(OCC3CCCN3CCS(=O)NCc3ccccc3S)nc3c2CCN(c2cccc4cccc(Cl)c24)C3)CC1. The first-order valence-corrected chi connectivity index (χ1v) is 19.8. The molecule has 13 heteroatoms. The van der Waals surface area contributed by atoms with E-state index in [1.54, 1.807) is 0 Å². The first-order valence-electron chi connectivity index (χ1n) is 17.6. The highest BCUT2D eigenvalue weighted by Crippen LogP contribution is 2.37. The summed E-state index contributed by atoms with van der Waals surface area (Å²) in [7, 11) is -1.16. The van der Waals surface area contributed by atoms with Gasteiger partial charge in [-0.15, -0.1) is 12.6 Å². The molecular weight excluding hydrogens is 702 g/mol. The lowest BCUT2D eigenvalue weighted by atomic mass is 10.0. The summed E-state index contributed by atoms with van der Waals surface area (Å²) in [5.41, 5.74) is 4.20. The van der Waals surface area contributed by atoms with Gasteiger partial charge in [-0.05, 0) is 61.0 Å². The van der Waals surface area contributed by atoms with Crippen molar-refractivity contribution in [3.05, 3.63) is 95.2 Å². The van der Waals surface area contributed by atoms with E-state index in [0.717, 1.165) is 81.4 Å². The molecule has 0 aliphatic carbocycles. The Balaban J connectivity index is 1.06. The van der Waals surface area contributed by atoms with Crippen LogP contribution in [-0.2, 0) is 35.3 Å². The summed E-state index contributed by atoms with van der Waals surface area (Å²) in [5, 5.41) is 2.88.